The minimum Gasteiger partial charge on any atom is -0.368 e. The maximum atomic E-state index is 9.81. The molecule has 0 saturated carbocycles. The zero-order valence-corrected chi connectivity index (χ0v) is 17.4. The second kappa shape index (κ2) is 15.6. The fourth-order valence-corrected chi connectivity index (χ4v) is 1.64. The Balaban J connectivity index is 0.000000445. The number of hydrazine groups is 1. The van der Waals surface area contributed by atoms with Gasteiger partial charge in [0.2, 0.25) is 0 Å². The molecule has 0 aliphatic heterocycles. The lowest BCUT2D eigenvalue weighted by molar-refractivity contribution is -0.116. The van der Waals surface area contributed by atoms with Crippen LogP contribution in [-0.2, 0) is 17.9 Å². The van der Waals surface area contributed by atoms with Crippen molar-refractivity contribution in [2.45, 2.75) is 59.4 Å². The van der Waals surface area contributed by atoms with Gasteiger partial charge in [0.15, 0.2) is 5.72 Å². The van der Waals surface area contributed by atoms with Crippen molar-refractivity contribution in [2.75, 3.05) is 0 Å². The Morgan fingerprint density at radius 2 is 1.50 bits per heavy atom. The third-order valence-corrected chi connectivity index (χ3v) is 3.70. The van der Waals surface area contributed by atoms with E-state index in [9.17, 15) is 9.90 Å². The highest BCUT2D eigenvalue weighted by Gasteiger charge is 2.14. The largest absolute Gasteiger partial charge is 0.368 e. The SMILES string of the molecule is CCC(C)(O)/N=N/Cc1ccccc1.CCC(C)=O.NNCc1ccccc1. The Morgan fingerprint density at radius 1 is 1.04 bits per heavy atom. The first-order valence-electron chi connectivity index (χ1n) is 9.46. The molecule has 6 nitrogen and oxygen atoms in total. The van der Waals surface area contributed by atoms with Gasteiger partial charge in [0, 0.05) is 13.0 Å². The number of carbonyl (C=O) groups is 1. The van der Waals surface area contributed by atoms with E-state index in [1.807, 2.05) is 74.5 Å². The molecule has 0 saturated heterocycles. The standard InChI is InChI=1S/C11H16N2O.C7H10N2.C4H8O/c1-3-11(2,14)13-12-9-10-7-5-4-6-8-10;8-9-6-7-4-2-1-3-5-7;1-3-4(2)5/h4-8,14H,3,9H2,1-2H3;1-5,9H,6,8H2;3H2,1-2H3/b13-12+;;. The van der Waals surface area contributed by atoms with E-state index in [0.717, 1.165) is 12.1 Å². The van der Waals surface area contributed by atoms with Gasteiger partial charge in [-0.2, -0.15) is 10.2 Å². The second-order valence-electron chi connectivity index (χ2n) is 6.38. The summed E-state index contributed by atoms with van der Waals surface area (Å²) >= 11 is 0. The van der Waals surface area contributed by atoms with Gasteiger partial charge < -0.3 is 9.90 Å². The highest BCUT2D eigenvalue weighted by Crippen LogP contribution is 2.11. The topological polar surface area (TPSA) is 100 Å². The molecule has 2 aromatic carbocycles. The number of nitrogens with one attached hydrogen (secondary N) is 1. The van der Waals surface area contributed by atoms with Crippen molar-refractivity contribution in [1.29, 1.82) is 0 Å². The van der Waals surface area contributed by atoms with Gasteiger partial charge in [-0.25, -0.2) is 0 Å². The van der Waals surface area contributed by atoms with Crippen molar-refractivity contribution in [1.82, 2.24) is 5.43 Å². The minimum absolute atomic E-state index is 0.255. The van der Waals surface area contributed by atoms with Crippen molar-refractivity contribution < 1.29 is 9.90 Å². The monoisotopic (exact) mass is 386 g/mol. The summed E-state index contributed by atoms with van der Waals surface area (Å²) in [7, 11) is 0. The molecule has 0 aliphatic rings. The molecule has 6 heteroatoms. The van der Waals surface area contributed by atoms with Crippen LogP contribution in [0.25, 0.3) is 0 Å². The van der Waals surface area contributed by atoms with E-state index in [4.69, 9.17) is 5.84 Å². The number of aliphatic hydroxyl groups is 1. The lowest BCUT2D eigenvalue weighted by Crippen LogP contribution is -2.20. The third-order valence-electron chi connectivity index (χ3n) is 3.70. The van der Waals surface area contributed by atoms with E-state index in [2.05, 4.69) is 15.7 Å². The predicted molar refractivity (Wildman–Crippen MR) is 114 cm³/mol. The molecule has 1 atom stereocenters. The molecule has 0 heterocycles. The van der Waals surface area contributed by atoms with Crippen LogP contribution in [0.4, 0.5) is 0 Å². The summed E-state index contributed by atoms with van der Waals surface area (Å²) in [5.41, 5.74) is 3.87. The molecular formula is C22H34N4O2. The Morgan fingerprint density at radius 3 is 1.89 bits per heavy atom. The number of ketones is 1. The van der Waals surface area contributed by atoms with Crippen LogP contribution in [0.5, 0.6) is 0 Å². The number of benzene rings is 2. The number of carbonyl (C=O) groups excluding carboxylic acids is 1. The van der Waals surface area contributed by atoms with Crippen molar-refractivity contribution in [2.24, 2.45) is 16.1 Å². The number of hydrogen-bond acceptors (Lipinski definition) is 6. The number of Topliss-reactive ketones (excluding diaryl/α,β-unsaturated/α-hetero) is 1. The molecule has 0 aromatic heterocycles. The van der Waals surface area contributed by atoms with Crippen molar-refractivity contribution in [3.8, 4) is 0 Å². The van der Waals surface area contributed by atoms with Crippen LogP contribution in [-0.4, -0.2) is 16.6 Å². The molecule has 2 aromatic rings. The fourth-order valence-electron chi connectivity index (χ4n) is 1.64. The summed E-state index contributed by atoms with van der Waals surface area (Å²) in [6, 6.07) is 19.9. The van der Waals surface area contributed by atoms with Crippen LogP contribution >= 0.6 is 0 Å². The summed E-state index contributed by atoms with van der Waals surface area (Å²) in [6.07, 6.45) is 1.24. The minimum atomic E-state index is -1.02. The van der Waals surface area contributed by atoms with Crippen LogP contribution in [0.1, 0.15) is 51.7 Å². The zero-order chi connectivity index (χ0) is 21.3. The van der Waals surface area contributed by atoms with Crippen LogP contribution in [0.2, 0.25) is 0 Å². The fraction of sp³-hybridized carbons (Fsp3) is 0.409. The van der Waals surface area contributed by atoms with Gasteiger partial charge in [-0.05, 0) is 31.4 Å². The smallest absolute Gasteiger partial charge is 0.172 e. The first-order valence-corrected chi connectivity index (χ1v) is 9.46. The second-order valence-corrected chi connectivity index (χ2v) is 6.38. The van der Waals surface area contributed by atoms with Crippen LogP contribution in [0.3, 0.4) is 0 Å². The zero-order valence-electron chi connectivity index (χ0n) is 17.4. The lowest BCUT2D eigenvalue weighted by Gasteiger charge is -2.12. The molecule has 0 bridgehead atoms. The van der Waals surface area contributed by atoms with E-state index < -0.39 is 5.72 Å². The van der Waals surface area contributed by atoms with Crippen molar-refractivity contribution in [3.05, 3.63) is 71.8 Å². The van der Waals surface area contributed by atoms with Crippen LogP contribution < -0.4 is 11.3 Å². The van der Waals surface area contributed by atoms with Crippen molar-refractivity contribution >= 4 is 5.78 Å². The average Bonchev–Trinajstić information content (AvgIpc) is 2.71. The highest BCUT2D eigenvalue weighted by molar-refractivity contribution is 5.74. The molecule has 0 fully saturated rings. The summed E-state index contributed by atoms with van der Waals surface area (Å²) in [5.74, 6) is 5.37. The van der Waals surface area contributed by atoms with E-state index >= 15 is 0 Å². The highest BCUT2D eigenvalue weighted by atomic mass is 16.3. The van der Waals surface area contributed by atoms with E-state index in [-0.39, 0.29) is 5.78 Å². The maximum absolute atomic E-state index is 9.81. The molecule has 0 amide bonds. The molecule has 0 spiro atoms. The Labute approximate surface area is 168 Å². The Hall–Kier alpha value is -2.41. The number of azo groups is 1. The molecule has 2 rings (SSSR count). The summed E-state index contributed by atoms with van der Waals surface area (Å²) in [5, 5.41) is 17.4. The van der Waals surface area contributed by atoms with Gasteiger partial charge in [0.1, 0.15) is 5.78 Å². The van der Waals surface area contributed by atoms with Gasteiger partial charge in [-0.3, -0.25) is 11.3 Å². The third kappa shape index (κ3) is 14.7. The molecule has 154 valence electrons. The summed E-state index contributed by atoms with van der Waals surface area (Å²) in [6.45, 7) is 8.23. The molecule has 0 aliphatic carbocycles. The lowest BCUT2D eigenvalue weighted by atomic mass is 10.2. The molecule has 0 radical (unpaired) electrons. The maximum Gasteiger partial charge on any atom is 0.172 e. The molecular weight excluding hydrogens is 352 g/mol. The van der Waals surface area contributed by atoms with Crippen molar-refractivity contribution in [3.63, 3.8) is 0 Å². The van der Waals surface area contributed by atoms with Gasteiger partial charge in [-0.1, -0.05) is 74.5 Å². The Kier molecular flexibility index (Phi) is 14.3. The number of nitrogens with two attached hydrogens (primary N) is 1. The van der Waals surface area contributed by atoms with Gasteiger partial charge in [0.25, 0.3) is 0 Å². The summed E-state index contributed by atoms with van der Waals surface area (Å²) in [4.78, 5) is 9.81. The van der Waals surface area contributed by atoms with Crippen LogP contribution in [0, 0.1) is 0 Å². The average molecular weight is 387 g/mol. The molecule has 4 N–H and O–H groups in total. The normalized spacial score (nSPS) is 12.2. The molecule has 1 unspecified atom stereocenters. The number of rotatable bonds is 7. The predicted octanol–water partition coefficient (Wildman–Crippen LogP) is 4.39. The quantitative estimate of drug-likeness (QED) is 0.373. The van der Waals surface area contributed by atoms with Crippen LogP contribution in [0.15, 0.2) is 70.9 Å². The summed E-state index contributed by atoms with van der Waals surface area (Å²) < 4.78 is 0. The van der Waals surface area contributed by atoms with Gasteiger partial charge >= 0.3 is 0 Å². The van der Waals surface area contributed by atoms with E-state index in [1.54, 1.807) is 13.8 Å². The van der Waals surface area contributed by atoms with E-state index in [1.165, 1.54) is 5.56 Å². The first-order chi connectivity index (χ1) is 13.3. The first kappa shape index (κ1) is 25.6. The number of nitrogens with zero attached hydrogens (tertiary/aromatic N) is 2. The van der Waals surface area contributed by atoms with E-state index in [0.29, 0.717) is 19.4 Å². The van der Waals surface area contributed by atoms with Gasteiger partial charge in [-0.15, -0.1) is 0 Å². The number of hydrogen-bond donors (Lipinski definition) is 3. The molecule has 28 heavy (non-hydrogen) atoms. The Bertz CT molecular complexity index is 659. The van der Waals surface area contributed by atoms with Gasteiger partial charge in [0.05, 0.1) is 6.54 Å².